The Kier molecular flexibility index (Phi) is 9.68. The third-order valence-corrected chi connectivity index (χ3v) is 5.72. The van der Waals surface area contributed by atoms with E-state index in [-0.39, 0.29) is 24.2 Å². The average Bonchev–Trinajstić information content (AvgIpc) is 2.72. The Morgan fingerprint density at radius 2 is 1.83 bits per heavy atom. The molecule has 6 heteroatoms. The van der Waals surface area contributed by atoms with E-state index in [4.69, 9.17) is 5.41 Å². The van der Waals surface area contributed by atoms with E-state index in [1.54, 1.807) is 0 Å². The number of rotatable bonds is 9. The molecule has 1 aromatic rings. The molecule has 4 N–H and O–H groups in total. The molecular weight excluding hydrogens is 364 g/mol. The van der Waals surface area contributed by atoms with Gasteiger partial charge in [0.15, 0.2) is 5.96 Å². The quantitative estimate of drug-likeness (QED) is 0.378. The van der Waals surface area contributed by atoms with Crippen LogP contribution in [-0.4, -0.2) is 30.4 Å². The number of guanidine groups is 1. The van der Waals surface area contributed by atoms with Gasteiger partial charge in [-0.05, 0) is 23.8 Å². The lowest BCUT2D eigenvalue weighted by Gasteiger charge is -2.27. The van der Waals surface area contributed by atoms with Crippen molar-refractivity contribution in [3.05, 3.63) is 35.9 Å². The van der Waals surface area contributed by atoms with Crippen molar-refractivity contribution >= 4 is 17.8 Å². The Hall–Kier alpha value is -2.37. The molecule has 0 saturated heterocycles. The van der Waals surface area contributed by atoms with Gasteiger partial charge in [-0.25, -0.2) is 0 Å². The summed E-state index contributed by atoms with van der Waals surface area (Å²) in [5.74, 6) is 0.455. The summed E-state index contributed by atoms with van der Waals surface area (Å²) >= 11 is 0. The summed E-state index contributed by atoms with van der Waals surface area (Å²) in [7, 11) is 0. The van der Waals surface area contributed by atoms with E-state index >= 15 is 0 Å². The van der Waals surface area contributed by atoms with Crippen molar-refractivity contribution in [1.82, 2.24) is 16.0 Å². The van der Waals surface area contributed by atoms with Crippen LogP contribution in [0.25, 0.3) is 0 Å². The molecule has 1 aliphatic rings. The molecule has 1 aliphatic carbocycles. The van der Waals surface area contributed by atoms with Crippen LogP contribution < -0.4 is 16.0 Å². The fraction of sp³-hybridized carbons (Fsp3) is 0.609. The topological polar surface area (TPSA) is 94.1 Å². The maximum atomic E-state index is 12.8. The fourth-order valence-corrected chi connectivity index (χ4v) is 3.71. The first-order chi connectivity index (χ1) is 14.0. The third kappa shape index (κ3) is 8.67. The van der Waals surface area contributed by atoms with Gasteiger partial charge >= 0.3 is 0 Å². The Labute approximate surface area is 174 Å². The van der Waals surface area contributed by atoms with Crippen LogP contribution in [0.15, 0.2) is 30.3 Å². The number of carbonyl (C=O) groups excluding carboxylic acids is 2. The van der Waals surface area contributed by atoms with E-state index in [9.17, 15) is 9.59 Å². The number of carbonyl (C=O) groups is 2. The molecule has 160 valence electrons. The van der Waals surface area contributed by atoms with Crippen LogP contribution in [0.1, 0.15) is 64.4 Å². The highest BCUT2D eigenvalue weighted by molar-refractivity contribution is 5.98. The van der Waals surface area contributed by atoms with Crippen molar-refractivity contribution in [3.63, 3.8) is 0 Å². The van der Waals surface area contributed by atoms with Crippen LogP contribution in [-0.2, 0) is 16.0 Å². The second-order valence-corrected chi connectivity index (χ2v) is 8.28. The Morgan fingerprint density at radius 1 is 1.14 bits per heavy atom. The average molecular weight is 401 g/mol. The molecule has 1 aromatic carbocycles. The number of amides is 2. The van der Waals surface area contributed by atoms with Gasteiger partial charge in [-0.1, -0.05) is 82.7 Å². The van der Waals surface area contributed by atoms with Gasteiger partial charge in [0, 0.05) is 6.54 Å². The van der Waals surface area contributed by atoms with Crippen molar-refractivity contribution < 1.29 is 9.59 Å². The smallest absolute Gasteiger partial charge is 0.242 e. The summed E-state index contributed by atoms with van der Waals surface area (Å²) in [4.78, 5) is 25.0. The van der Waals surface area contributed by atoms with Gasteiger partial charge in [-0.3, -0.25) is 20.3 Å². The number of hydrogen-bond acceptors (Lipinski definition) is 3. The van der Waals surface area contributed by atoms with E-state index < -0.39 is 6.04 Å². The van der Waals surface area contributed by atoms with E-state index in [0.717, 1.165) is 24.8 Å². The minimum absolute atomic E-state index is 0.0852. The summed E-state index contributed by atoms with van der Waals surface area (Å²) in [5.41, 5.74) is 0.892. The fourth-order valence-electron chi connectivity index (χ4n) is 3.71. The summed E-state index contributed by atoms with van der Waals surface area (Å²) < 4.78 is 0. The highest BCUT2D eigenvalue weighted by Gasteiger charge is 2.25. The standard InChI is InChI=1S/C23H36N4O2/c1-3-17(2)16-25-22(29)20(14-18-10-6-4-7-11-18)26-23(24)27-21(28)15-19-12-8-5-9-13-19/h5,8-9,12-13,17-18,20H,3-4,6-7,10-11,14-16H2,1-2H3,(H,25,29)(H3,24,26,27,28)/t17?,20-/m1/s1. The Bertz CT molecular complexity index is 656. The molecule has 1 unspecified atom stereocenters. The Morgan fingerprint density at radius 3 is 2.48 bits per heavy atom. The largest absolute Gasteiger partial charge is 0.354 e. The molecule has 0 aliphatic heterocycles. The summed E-state index contributed by atoms with van der Waals surface area (Å²) in [6, 6.07) is 8.93. The lowest BCUT2D eigenvalue weighted by molar-refractivity contribution is -0.123. The molecule has 0 bridgehead atoms. The summed E-state index contributed by atoms with van der Waals surface area (Å²) in [6.07, 6.45) is 7.84. The zero-order valence-electron chi connectivity index (χ0n) is 17.8. The van der Waals surface area contributed by atoms with Crippen LogP contribution in [0.5, 0.6) is 0 Å². The molecule has 2 amide bonds. The second kappa shape index (κ2) is 12.2. The molecule has 0 radical (unpaired) electrons. The monoisotopic (exact) mass is 400 g/mol. The van der Waals surface area contributed by atoms with Gasteiger partial charge in [-0.15, -0.1) is 0 Å². The van der Waals surface area contributed by atoms with Gasteiger partial charge in [0.05, 0.1) is 6.42 Å². The van der Waals surface area contributed by atoms with E-state index in [0.29, 0.717) is 24.8 Å². The molecule has 29 heavy (non-hydrogen) atoms. The molecule has 6 nitrogen and oxygen atoms in total. The number of hydrogen-bond donors (Lipinski definition) is 4. The van der Waals surface area contributed by atoms with Crippen molar-refractivity contribution in [2.45, 2.75) is 71.3 Å². The van der Waals surface area contributed by atoms with Crippen LogP contribution in [0, 0.1) is 17.2 Å². The van der Waals surface area contributed by atoms with Gasteiger partial charge in [0.25, 0.3) is 0 Å². The zero-order chi connectivity index (χ0) is 21.1. The lowest BCUT2D eigenvalue weighted by Crippen LogP contribution is -2.52. The maximum absolute atomic E-state index is 12.8. The first-order valence-corrected chi connectivity index (χ1v) is 10.9. The van der Waals surface area contributed by atoms with Crippen LogP contribution in [0.4, 0.5) is 0 Å². The van der Waals surface area contributed by atoms with E-state index in [1.165, 1.54) is 19.3 Å². The summed E-state index contributed by atoms with van der Waals surface area (Å²) in [5, 5.41) is 16.7. The first-order valence-electron chi connectivity index (χ1n) is 10.9. The van der Waals surface area contributed by atoms with Gasteiger partial charge in [0.2, 0.25) is 11.8 Å². The highest BCUT2D eigenvalue weighted by atomic mass is 16.2. The molecule has 2 rings (SSSR count). The molecule has 0 spiro atoms. The molecule has 1 saturated carbocycles. The van der Waals surface area contributed by atoms with Crippen molar-refractivity contribution in [1.29, 1.82) is 5.41 Å². The molecule has 1 fully saturated rings. The third-order valence-electron chi connectivity index (χ3n) is 5.72. The van der Waals surface area contributed by atoms with Gasteiger partial charge in [-0.2, -0.15) is 0 Å². The van der Waals surface area contributed by atoms with Crippen LogP contribution in [0.2, 0.25) is 0 Å². The van der Waals surface area contributed by atoms with Gasteiger partial charge in [0.1, 0.15) is 6.04 Å². The van der Waals surface area contributed by atoms with Crippen molar-refractivity contribution in [3.8, 4) is 0 Å². The first kappa shape index (κ1) is 22.9. The molecule has 0 aromatic heterocycles. The van der Waals surface area contributed by atoms with E-state index in [2.05, 4.69) is 29.8 Å². The molecule has 2 atom stereocenters. The predicted octanol–water partition coefficient (Wildman–Crippen LogP) is 3.37. The van der Waals surface area contributed by atoms with Crippen LogP contribution >= 0.6 is 0 Å². The SMILES string of the molecule is CCC(C)CNC(=O)[C@@H](CC1CCCCC1)NC(=N)NC(=O)Cc1ccccc1. The van der Waals surface area contributed by atoms with Crippen molar-refractivity contribution in [2.24, 2.45) is 11.8 Å². The predicted molar refractivity (Wildman–Crippen MR) is 117 cm³/mol. The van der Waals surface area contributed by atoms with E-state index in [1.807, 2.05) is 30.3 Å². The van der Waals surface area contributed by atoms with Crippen LogP contribution in [0.3, 0.4) is 0 Å². The minimum atomic E-state index is -0.494. The number of benzene rings is 1. The number of nitrogens with one attached hydrogen (secondary N) is 4. The zero-order valence-corrected chi connectivity index (χ0v) is 17.8. The highest BCUT2D eigenvalue weighted by Crippen LogP contribution is 2.27. The van der Waals surface area contributed by atoms with Gasteiger partial charge < -0.3 is 10.6 Å². The normalized spacial score (nSPS) is 16.5. The Balaban J connectivity index is 1.90. The van der Waals surface area contributed by atoms with Crippen molar-refractivity contribution in [2.75, 3.05) is 6.54 Å². The molecular formula is C23H36N4O2. The molecule has 0 heterocycles. The summed E-state index contributed by atoms with van der Waals surface area (Å²) in [6.45, 7) is 4.84. The minimum Gasteiger partial charge on any atom is -0.354 e. The maximum Gasteiger partial charge on any atom is 0.242 e. The second-order valence-electron chi connectivity index (χ2n) is 8.28. The lowest BCUT2D eigenvalue weighted by atomic mass is 9.84.